The zero-order valence-electron chi connectivity index (χ0n) is 18.5. The number of ether oxygens (including phenoxy) is 3. The minimum Gasteiger partial charge on any atom is -0.493 e. The number of hydrogen-bond acceptors (Lipinski definition) is 8. The maximum Gasteiger partial charge on any atom is 0.345 e. The van der Waals surface area contributed by atoms with Crippen LogP contribution in [0.3, 0.4) is 0 Å². The zero-order valence-corrected chi connectivity index (χ0v) is 18.5. The average molecular weight is 472 g/mol. The predicted octanol–water partition coefficient (Wildman–Crippen LogP) is 3.43. The third-order valence-electron chi connectivity index (χ3n) is 4.50. The number of hydrogen-bond donors (Lipinski definition) is 1. The molecule has 1 aromatic heterocycles. The molecule has 34 heavy (non-hydrogen) atoms. The van der Waals surface area contributed by atoms with Crippen LogP contribution in [0.25, 0.3) is 5.69 Å². The Balaban J connectivity index is 1.74. The van der Waals surface area contributed by atoms with E-state index < -0.39 is 40.5 Å². The third-order valence-corrected chi connectivity index (χ3v) is 4.50. The van der Waals surface area contributed by atoms with Crippen molar-refractivity contribution < 1.29 is 33.1 Å². The molecule has 0 aliphatic rings. The average Bonchev–Trinajstić information content (AvgIpc) is 3.17. The van der Waals surface area contributed by atoms with E-state index in [0.717, 1.165) is 12.1 Å². The molecule has 0 radical (unpaired) electrons. The van der Waals surface area contributed by atoms with E-state index in [1.807, 2.05) is 0 Å². The van der Waals surface area contributed by atoms with Crippen LogP contribution in [-0.4, -0.2) is 46.9 Å². The van der Waals surface area contributed by atoms with Gasteiger partial charge < -0.3 is 19.5 Å². The van der Waals surface area contributed by atoms with Crippen LogP contribution in [0.5, 0.6) is 11.5 Å². The number of nitro benzene ring substituents is 1. The molecular weight excluding hydrogens is 451 g/mol. The van der Waals surface area contributed by atoms with Crippen LogP contribution < -0.4 is 14.8 Å². The predicted molar refractivity (Wildman–Crippen MR) is 118 cm³/mol. The standard InChI is InChI=1S/C22H21FN4O7/c1-4-33-19-11-17(27(30)31)16(10-18(19)32-3)22(29)34-12-21(28)24-20-9-13(2)25-26(20)15-7-5-14(23)6-8-15/h5-11H,4,12H2,1-3H3,(H,24,28). The van der Waals surface area contributed by atoms with Crippen molar-refractivity contribution in [1.82, 2.24) is 9.78 Å². The molecule has 3 aromatic rings. The molecule has 0 spiro atoms. The molecule has 1 amide bonds. The fourth-order valence-electron chi connectivity index (χ4n) is 3.05. The Kier molecular flexibility index (Phi) is 7.41. The number of anilines is 1. The third kappa shape index (κ3) is 5.46. The van der Waals surface area contributed by atoms with E-state index in [1.54, 1.807) is 19.9 Å². The largest absolute Gasteiger partial charge is 0.493 e. The minimum atomic E-state index is -1.09. The molecule has 12 heteroatoms. The molecule has 0 bridgehead atoms. The van der Waals surface area contributed by atoms with Gasteiger partial charge in [0.25, 0.3) is 11.6 Å². The quantitative estimate of drug-likeness (QED) is 0.284. The molecule has 0 fully saturated rings. The first-order valence-electron chi connectivity index (χ1n) is 10.0. The summed E-state index contributed by atoms with van der Waals surface area (Å²) >= 11 is 0. The first-order valence-corrected chi connectivity index (χ1v) is 10.0. The Bertz CT molecular complexity index is 1220. The number of nitro groups is 1. The summed E-state index contributed by atoms with van der Waals surface area (Å²) in [7, 11) is 1.32. The number of benzene rings is 2. The summed E-state index contributed by atoms with van der Waals surface area (Å²) in [6.07, 6.45) is 0. The molecule has 11 nitrogen and oxygen atoms in total. The van der Waals surface area contributed by atoms with Gasteiger partial charge in [-0.15, -0.1) is 0 Å². The Morgan fingerprint density at radius 3 is 2.50 bits per heavy atom. The fraction of sp³-hybridized carbons (Fsp3) is 0.227. The molecule has 2 aromatic carbocycles. The van der Waals surface area contributed by atoms with Crippen LogP contribution in [0.1, 0.15) is 23.0 Å². The van der Waals surface area contributed by atoms with E-state index in [-0.39, 0.29) is 23.9 Å². The van der Waals surface area contributed by atoms with Crippen molar-refractivity contribution in [2.24, 2.45) is 0 Å². The Labute approximate surface area is 193 Å². The number of halogens is 1. The van der Waals surface area contributed by atoms with E-state index in [9.17, 15) is 24.1 Å². The van der Waals surface area contributed by atoms with Crippen LogP contribution >= 0.6 is 0 Å². The number of esters is 1. The molecule has 0 unspecified atom stereocenters. The van der Waals surface area contributed by atoms with Gasteiger partial charge in [-0.05, 0) is 38.1 Å². The maximum atomic E-state index is 13.2. The second kappa shape index (κ2) is 10.4. The fourth-order valence-corrected chi connectivity index (χ4v) is 3.05. The van der Waals surface area contributed by atoms with Crippen molar-refractivity contribution in [1.29, 1.82) is 0 Å². The molecule has 3 rings (SSSR count). The number of rotatable bonds is 9. The first kappa shape index (κ1) is 24.2. The number of amides is 1. The molecule has 0 saturated heterocycles. The van der Waals surface area contributed by atoms with Crippen LogP contribution in [0.15, 0.2) is 42.5 Å². The summed E-state index contributed by atoms with van der Waals surface area (Å²) in [6, 6.07) is 9.21. The van der Waals surface area contributed by atoms with Crippen molar-refractivity contribution in [2.45, 2.75) is 13.8 Å². The van der Waals surface area contributed by atoms with Gasteiger partial charge in [-0.1, -0.05) is 0 Å². The van der Waals surface area contributed by atoms with Gasteiger partial charge in [0, 0.05) is 12.1 Å². The van der Waals surface area contributed by atoms with Crippen molar-refractivity contribution >= 4 is 23.4 Å². The van der Waals surface area contributed by atoms with E-state index in [0.29, 0.717) is 11.4 Å². The smallest absolute Gasteiger partial charge is 0.345 e. The van der Waals surface area contributed by atoms with E-state index >= 15 is 0 Å². The van der Waals surface area contributed by atoms with Gasteiger partial charge in [-0.3, -0.25) is 14.9 Å². The van der Waals surface area contributed by atoms with Gasteiger partial charge in [0.1, 0.15) is 17.2 Å². The molecule has 0 saturated carbocycles. The van der Waals surface area contributed by atoms with Crippen molar-refractivity contribution in [3.8, 4) is 17.2 Å². The maximum absolute atomic E-state index is 13.2. The number of carbonyl (C=O) groups is 2. The number of aromatic nitrogens is 2. The normalized spacial score (nSPS) is 10.5. The van der Waals surface area contributed by atoms with E-state index in [4.69, 9.17) is 14.2 Å². The molecule has 178 valence electrons. The Morgan fingerprint density at radius 1 is 1.18 bits per heavy atom. The summed E-state index contributed by atoms with van der Waals surface area (Å²) in [6.45, 7) is 2.90. The molecular formula is C22H21FN4O7. The van der Waals surface area contributed by atoms with Gasteiger partial charge in [0.2, 0.25) is 0 Å². The lowest BCUT2D eigenvalue weighted by molar-refractivity contribution is -0.385. The van der Waals surface area contributed by atoms with Crippen LogP contribution in [0.4, 0.5) is 15.9 Å². The van der Waals surface area contributed by atoms with Gasteiger partial charge >= 0.3 is 5.97 Å². The number of methoxy groups -OCH3 is 1. The lowest BCUT2D eigenvalue weighted by atomic mass is 10.1. The minimum absolute atomic E-state index is 0.0930. The number of carbonyl (C=O) groups excluding carboxylic acids is 2. The summed E-state index contributed by atoms with van der Waals surface area (Å²) in [5.74, 6) is -1.77. The summed E-state index contributed by atoms with van der Waals surface area (Å²) in [5.41, 5.74) is 0.123. The molecule has 0 atom stereocenters. The SMILES string of the molecule is CCOc1cc([N+](=O)[O-])c(C(=O)OCC(=O)Nc2cc(C)nn2-c2ccc(F)cc2)cc1OC. The Morgan fingerprint density at radius 2 is 1.88 bits per heavy atom. The number of aryl methyl sites for hydroxylation is 1. The lowest BCUT2D eigenvalue weighted by Crippen LogP contribution is -2.22. The van der Waals surface area contributed by atoms with Gasteiger partial charge in [-0.2, -0.15) is 5.10 Å². The van der Waals surface area contributed by atoms with Crippen molar-refractivity contribution in [3.05, 3.63) is 69.7 Å². The monoisotopic (exact) mass is 472 g/mol. The van der Waals surface area contributed by atoms with E-state index in [1.165, 1.54) is 36.1 Å². The second-order valence-corrected chi connectivity index (χ2v) is 6.89. The Hall–Kier alpha value is -4.48. The topological polar surface area (TPSA) is 135 Å². The molecule has 1 heterocycles. The lowest BCUT2D eigenvalue weighted by Gasteiger charge is -2.12. The summed E-state index contributed by atoms with van der Waals surface area (Å²) in [4.78, 5) is 35.6. The van der Waals surface area contributed by atoms with Gasteiger partial charge in [-0.25, -0.2) is 13.9 Å². The van der Waals surface area contributed by atoms with Crippen LogP contribution in [0.2, 0.25) is 0 Å². The summed E-state index contributed by atoms with van der Waals surface area (Å²) in [5, 5.41) is 18.2. The first-order chi connectivity index (χ1) is 16.2. The van der Waals surface area contributed by atoms with Gasteiger partial charge in [0.15, 0.2) is 18.1 Å². The van der Waals surface area contributed by atoms with E-state index in [2.05, 4.69) is 10.4 Å². The van der Waals surface area contributed by atoms with Gasteiger partial charge in [0.05, 0.1) is 36.1 Å². The number of nitrogens with one attached hydrogen (secondary N) is 1. The highest BCUT2D eigenvalue weighted by Crippen LogP contribution is 2.35. The number of nitrogens with zero attached hydrogens (tertiary/aromatic N) is 3. The molecule has 1 N–H and O–H groups in total. The highest BCUT2D eigenvalue weighted by Gasteiger charge is 2.26. The zero-order chi connectivity index (χ0) is 24.8. The second-order valence-electron chi connectivity index (χ2n) is 6.89. The highest BCUT2D eigenvalue weighted by molar-refractivity contribution is 5.98. The van der Waals surface area contributed by atoms with Crippen LogP contribution in [0, 0.1) is 22.9 Å². The molecule has 0 aliphatic carbocycles. The van der Waals surface area contributed by atoms with Crippen molar-refractivity contribution in [3.63, 3.8) is 0 Å². The van der Waals surface area contributed by atoms with Crippen LogP contribution in [-0.2, 0) is 9.53 Å². The highest BCUT2D eigenvalue weighted by atomic mass is 19.1. The summed E-state index contributed by atoms with van der Waals surface area (Å²) < 4.78 is 30.0. The molecule has 0 aliphatic heterocycles. The van der Waals surface area contributed by atoms with Crippen molar-refractivity contribution in [2.75, 3.05) is 25.6 Å².